The number of alkyl halides is 3. The number of ether oxygens (including phenoxy) is 1. The molecule has 30 heavy (non-hydrogen) atoms. The van der Waals surface area contributed by atoms with Crippen molar-refractivity contribution in [1.82, 2.24) is 15.5 Å². The summed E-state index contributed by atoms with van der Waals surface area (Å²) in [6.45, 7) is 6.02. The SMILES string of the molecule is CCNC(=NCC(O)COc1ccc(C(F)(F)F)cc1)NC1CC(C)N(C2CC2)C1. The molecule has 1 aliphatic carbocycles. The van der Waals surface area contributed by atoms with E-state index in [-0.39, 0.29) is 18.9 Å². The van der Waals surface area contributed by atoms with Crippen molar-refractivity contribution in [3.63, 3.8) is 0 Å². The topological polar surface area (TPSA) is 69.1 Å². The highest BCUT2D eigenvalue weighted by Gasteiger charge is 2.39. The van der Waals surface area contributed by atoms with Crippen LogP contribution in [-0.2, 0) is 6.18 Å². The van der Waals surface area contributed by atoms with Crippen molar-refractivity contribution >= 4 is 5.96 Å². The maximum Gasteiger partial charge on any atom is 0.416 e. The molecule has 3 rings (SSSR count). The van der Waals surface area contributed by atoms with Gasteiger partial charge < -0.3 is 20.5 Å². The van der Waals surface area contributed by atoms with Crippen LogP contribution in [0.2, 0.25) is 0 Å². The Labute approximate surface area is 175 Å². The van der Waals surface area contributed by atoms with Crippen LogP contribution in [0, 0.1) is 0 Å². The van der Waals surface area contributed by atoms with E-state index in [1.54, 1.807) is 0 Å². The molecule has 3 N–H and O–H groups in total. The highest BCUT2D eigenvalue weighted by molar-refractivity contribution is 5.80. The average Bonchev–Trinajstić information content (AvgIpc) is 3.47. The van der Waals surface area contributed by atoms with Gasteiger partial charge in [-0.15, -0.1) is 0 Å². The van der Waals surface area contributed by atoms with Gasteiger partial charge in [0, 0.05) is 31.2 Å². The third-order valence-electron chi connectivity index (χ3n) is 5.41. The second-order valence-corrected chi connectivity index (χ2v) is 8.06. The lowest BCUT2D eigenvalue weighted by atomic mass is 10.2. The molecule has 2 fully saturated rings. The lowest BCUT2D eigenvalue weighted by Crippen LogP contribution is -2.45. The zero-order chi connectivity index (χ0) is 21.7. The number of aliphatic hydroxyl groups is 1. The maximum absolute atomic E-state index is 12.6. The minimum atomic E-state index is -4.38. The number of nitrogens with one attached hydrogen (secondary N) is 2. The first-order chi connectivity index (χ1) is 14.3. The number of nitrogens with zero attached hydrogens (tertiary/aromatic N) is 2. The monoisotopic (exact) mass is 428 g/mol. The van der Waals surface area contributed by atoms with Crippen molar-refractivity contribution in [3.05, 3.63) is 29.8 Å². The molecule has 1 heterocycles. The highest BCUT2D eigenvalue weighted by atomic mass is 19.4. The molecule has 3 unspecified atom stereocenters. The van der Waals surface area contributed by atoms with Gasteiger partial charge in [-0.05, 0) is 57.4 Å². The van der Waals surface area contributed by atoms with Crippen LogP contribution in [0.3, 0.4) is 0 Å². The van der Waals surface area contributed by atoms with E-state index in [0.717, 1.165) is 31.1 Å². The molecule has 1 aromatic rings. The normalized spacial score (nSPS) is 24.0. The van der Waals surface area contributed by atoms with Gasteiger partial charge in [-0.3, -0.25) is 9.89 Å². The van der Waals surface area contributed by atoms with E-state index >= 15 is 0 Å². The summed E-state index contributed by atoms with van der Waals surface area (Å²) in [4.78, 5) is 6.99. The molecule has 9 heteroatoms. The third kappa shape index (κ3) is 6.50. The number of hydrogen-bond acceptors (Lipinski definition) is 4. The van der Waals surface area contributed by atoms with Crippen LogP contribution in [0.5, 0.6) is 5.75 Å². The smallest absolute Gasteiger partial charge is 0.416 e. The van der Waals surface area contributed by atoms with E-state index < -0.39 is 17.8 Å². The van der Waals surface area contributed by atoms with Crippen molar-refractivity contribution < 1.29 is 23.0 Å². The molecule has 168 valence electrons. The minimum Gasteiger partial charge on any atom is -0.491 e. The fraction of sp³-hybridized carbons (Fsp3) is 0.667. The van der Waals surface area contributed by atoms with Crippen LogP contribution in [0.1, 0.15) is 38.7 Å². The Morgan fingerprint density at radius 3 is 2.60 bits per heavy atom. The van der Waals surface area contributed by atoms with Gasteiger partial charge in [0.05, 0.1) is 12.1 Å². The lowest BCUT2D eigenvalue weighted by molar-refractivity contribution is -0.137. The van der Waals surface area contributed by atoms with Crippen molar-refractivity contribution in [2.24, 2.45) is 4.99 Å². The van der Waals surface area contributed by atoms with Crippen LogP contribution in [0.15, 0.2) is 29.3 Å². The Kier molecular flexibility index (Phi) is 7.46. The number of aliphatic hydroxyl groups excluding tert-OH is 1. The zero-order valence-electron chi connectivity index (χ0n) is 17.5. The molecule has 1 saturated carbocycles. The summed E-state index contributed by atoms with van der Waals surface area (Å²) in [6, 6.07) is 6.02. The number of benzene rings is 1. The van der Waals surface area contributed by atoms with Crippen LogP contribution in [0.25, 0.3) is 0 Å². The molecular formula is C21H31F3N4O2. The molecule has 1 aliphatic heterocycles. The van der Waals surface area contributed by atoms with Crippen molar-refractivity contribution in [2.75, 3.05) is 26.2 Å². The Morgan fingerprint density at radius 2 is 2.00 bits per heavy atom. The number of hydrogen-bond donors (Lipinski definition) is 3. The van der Waals surface area contributed by atoms with Crippen LogP contribution in [0.4, 0.5) is 13.2 Å². The fourth-order valence-corrected chi connectivity index (χ4v) is 3.77. The standard InChI is InChI=1S/C21H31F3N4O2/c1-3-25-20(27-16-10-14(2)28(12-16)17-6-7-17)26-11-18(29)13-30-19-8-4-15(5-9-19)21(22,23)24/h4-5,8-9,14,16-18,29H,3,6-7,10-13H2,1-2H3,(H2,25,26,27). The number of likely N-dealkylation sites (tertiary alicyclic amines) is 1. The van der Waals surface area contributed by atoms with Gasteiger partial charge >= 0.3 is 6.18 Å². The Bertz CT molecular complexity index is 707. The molecule has 0 amide bonds. The summed E-state index contributed by atoms with van der Waals surface area (Å²) < 4.78 is 43.2. The van der Waals surface area contributed by atoms with Gasteiger partial charge in [0.15, 0.2) is 5.96 Å². The molecule has 2 aliphatic rings. The Morgan fingerprint density at radius 1 is 1.30 bits per heavy atom. The van der Waals surface area contributed by atoms with Gasteiger partial charge in [-0.25, -0.2) is 0 Å². The summed E-state index contributed by atoms with van der Waals surface area (Å²) in [6.07, 6.45) is -1.61. The molecule has 1 aromatic carbocycles. The largest absolute Gasteiger partial charge is 0.491 e. The third-order valence-corrected chi connectivity index (χ3v) is 5.41. The molecule has 6 nitrogen and oxygen atoms in total. The van der Waals surface area contributed by atoms with Gasteiger partial charge in [-0.1, -0.05) is 0 Å². The van der Waals surface area contributed by atoms with Crippen LogP contribution >= 0.6 is 0 Å². The first-order valence-corrected chi connectivity index (χ1v) is 10.5. The molecule has 1 saturated heterocycles. The summed E-state index contributed by atoms with van der Waals surface area (Å²) >= 11 is 0. The molecular weight excluding hydrogens is 397 g/mol. The molecule has 0 spiro atoms. The lowest BCUT2D eigenvalue weighted by Gasteiger charge is -2.20. The zero-order valence-corrected chi connectivity index (χ0v) is 17.5. The van der Waals surface area contributed by atoms with Gasteiger partial charge in [-0.2, -0.15) is 13.2 Å². The molecule has 0 aromatic heterocycles. The van der Waals surface area contributed by atoms with E-state index in [1.165, 1.54) is 25.0 Å². The minimum absolute atomic E-state index is 0.0514. The van der Waals surface area contributed by atoms with E-state index in [1.807, 2.05) is 6.92 Å². The second kappa shape index (κ2) is 9.87. The summed E-state index contributed by atoms with van der Waals surface area (Å²) in [5, 5.41) is 16.8. The quantitative estimate of drug-likeness (QED) is 0.439. The molecule has 0 bridgehead atoms. The number of halogens is 3. The predicted octanol–water partition coefficient (Wildman–Crippen LogP) is 2.63. The van der Waals surface area contributed by atoms with Crippen molar-refractivity contribution in [2.45, 2.75) is 63.5 Å². The van der Waals surface area contributed by atoms with Crippen LogP contribution in [-0.4, -0.2) is 66.4 Å². The predicted molar refractivity (Wildman–Crippen MR) is 110 cm³/mol. The number of aliphatic imine (C=N–C) groups is 1. The van der Waals surface area contributed by atoms with E-state index in [0.29, 0.717) is 24.6 Å². The summed E-state index contributed by atoms with van der Waals surface area (Å²) in [5.41, 5.74) is -0.733. The van der Waals surface area contributed by atoms with E-state index in [2.05, 4.69) is 27.4 Å². The van der Waals surface area contributed by atoms with Gasteiger partial charge in [0.1, 0.15) is 18.5 Å². The summed E-state index contributed by atoms with van der Waals surface area (Å²) in [7, 11) is 0. The number of guanidine groups is 1. The van der Waals surface area contributed by atoms with E-state index in [4.69, 9.17) is 4.74 Å². The van der Waals surface area contributed by atoms with Crippen LogP contribution < -0.4 is 15.4 Å². The van der Waals surface area contributed by atoms with Crippen molar-refractivity contribution in [1.29, 1.82) is 0 Å². The maximum atomic E-state index is 12.6. The summed E-state index contributed by atoms with van der Waals surface area (Å²) in [5.74, 6) is 0.928. The van der Waals surface area contributed by atoms with Gasteiger partial charge in [0.2, 0.25) is 0 Å². The molecule has 0 radical (unpaired) electrons. The Hall–Kier alpha value is -2.00. The Balaban J connectivity index is 1.45. The first-order valence-electron chi connectivity index (χ1n) is 10.5. The van der Waals surface area contributed by atoms with Gasteiger partial charge in [0.25, 0.3) is 0 Å². The fourth-order valence-electron chi connectivity index (χ4n) is 3.77. The van der Waals surface area contributed by atoms with E-state index in [9.17, 15) is 18.3 Å². The molecule has 3 atom stereocenters. The number of rotatable bonds is 8. The average molecular weight is 428 g/mol. The van der Waals surface area contributed by atoms with Crippen molar-refractivity contribution in [3.8, 4) is 5.75 Å². The second-order valence-electron chi connectivity index (χ2n) is 8.06. The first kappa shape index (κ1) is 22.7. The highest BCUT2D eigenvalue weighted by Crippen LogP contribution is 2.33.